The van der Waals surface area contributed by atoms with E-state index in [0.29, 0.717) is 43.0 Å². The van der Waals surface area contributed by atoms with E-state index < -0.39 is 23.5 Å². The molecule has 1 aromatic rings. The number of amides is 2. The van der Waals surface area contributed by atoms with Gasteiger partial charge in [-0.15, -0.1) is 0 Å². The monoisotopic (exact) mass is 487 g/mol. The van der Waals surface area contributed by atoms with Crippen molar-refractivity contribution in [3.05, 3.63) is 29.3 Å². The number of carbonyl (C=O) groups excluding carboxylic acids is 2. The number of carboxylic acids is 1. The SMILES string of the molecule is CC(C)N(C)[C@@H]1CC[C@H](N2CCC(NC(=O)c3ccc(O)c(C(C)(C)C)c3)C2=O)[C@](C)(C(=O)O)C1. The third-order valence-electron chi connectivity index (χ3n) is 8.04. The van der Waals surface area contributed by atoms with E-state index in [9.17, 15) is 24.6 Å². The normalized spacial score (nSPS) is 27.5. The summed E-state index contributed by atoms with van der Waals surface area (Å²) in [5.41, 5.74) is -0.361. The average molecular weight is 488 g/mol. The summed E-state index contributed by atoms with van der Waals surface area (Å²) in [6.07, 6.45) is 2.36. The number of aliphatic carboxylic acids is 1. The van der Waals surface area contributed by atoms with Gasteiger partial charge in [-0.25, -0.2) is 0 Å². The van der Waals surface area contributed by atoms with Crippen LogP contribution in [0, 0.1) is 5.41 Å². The summed E-state index contributed by atoms with van der Waals surface area (Å²) in [4.78, 5) is 42.7. The maximum Gasteiger partial charge on any atom is 0.311 e. The van der Waals surface area contributed by atoms with Gasteiger partial charge in [0.2, 0.25) is 5.91 Å². The predicted octanol–water partition coefficient (Wildman–Crippen LogP) is 3.37. The molecule has 2 fully saturated rings. The molecule has 1 unspecified atom stereocenters. The molecule has 2 amide bonds. The summed E-state index contributed by atoms with van der Waals surface area (Å²) in [6.45, 7) is 12.2. The second-order valence-electron chi connectivity index (χ2n) is 11.8. The predicted molar refractivity (Wildman–Crippen MR) is 134 cm³/mol. The van der Waals surface area contributed by atoms with Crippen LogP contribution in [0.5, 0.6) is 5.75 Å². The first kappa shape index (κ1) is 27.0. The van der Waals surface area contributed by atoms with Crippen molar-refractivity contribution in [3.8, 4) is 5.75 Å². The van der Waals surface area contributed by atoms with Gasteiger partial charge >= 0.3 is 5.97 Å². The van der Waals surface area contributed by atoms with Crippen LogP contribution in [-0.2, 0) is 15.0 Å². The molecular formula is C27H41N3O5. The average Bonchev–Trinajstić information content (AvgIpc) is 3.12. The fraction of sp³-hybridized carbons (Fsp3) is 0.667. The minimum atomic E-state index is -1.06. The van der Waals surface area contributed by atoms with E-state index in [1.807, 2.05) is 27.8 Å². The number of carbonyl (C=O) groups is 3. The smallest absolute Gasteiger partial charge is 0.311 e. The van der Waals surface area contributed by atoms with Gasteiger partial charge in [-0.1, -0.05) is 20.8 Å². The Kier molecular flexibility index (Phi) is 7.56. The number of likely N-dealkylation sites (tertiary alicyclic amines) is 1. The van der Waals surface area contributed by atoms with Gasteiger partial charge in [0.05, 0.1) is 5.41 Å². The number of phenols is 1. The van der Waals surface area contributed by atoms with E-state index in [1.54, 1.807) is 24.0 Å². The van der Waals surface area contributed by atoms with Gasteiger partial charge < -0.3 is 25.3 Å². The molecule has 0 aromatic heterocycles. The molecule has 1 aromatic carbocycles. The van der Waals surface area contributed by atoms with Gasteiger partial charge in [0, 0.05) is 35.8 Å². The zero-order valence-electron chi connectivity index (χ0n) is 22.1. The van der Waals surface area contributed by atoms with Gasteiger partial charge in [0.15, 0.2) is 0 Å². The number of nitrogens with one attached hydrogen (secondary N) is 1. The summed E-state index contributed by atoms with van der Waals surface area (Å²) in [6, 6.07) is 4.06. The van der Waals surface area contributed by atoms with Gasteiger partial charge in [0.1, 0.15) is 11.8 Å². The molecule has 1 aliphatic heterocycles. The van der Waals surface area contributed by atoms with E-state index in [2.05, 4.69) is 24.1 Å². The number of phenolic OH excluding ortho intramolecular Hbond substituents is 1. The van der Waals surface area contributed by atoms with E-state index in [-0.39, 0.29) is 29.0 Å². The van der Waals surface area contributed by atoms with Crippen molar-refractivity contribution >= 4 is 17.8 Å². The molecule has 0 spiro atoms. The molecule has 1 aliphatic carbocycles. The van der Waals surface area contributed by atoms with Crippen LogP contribution in [0.2, 0.25) is 0 Å². The Labute approximate surface area is 208 Å². The molecule has 4 atom stereocenters. The third-order valence-corrected chi connectivity index (χ3v) is 8.04. The van der Waals surface area contributed by atoms with Crippen molar-refractivity contribution < 1.29 is 24.6 Å². The van der Waals surface area contributed by atoms with E-state index in [1.165, 1.54) is 6.07 Å². The van der Waals surface area contributed by atoms with Crippen molar-refractivity contribution in [1.82, 2.24) is 15.1 Å². The Hall–Kier alpha value is -2.61. The van der Waals surface area contributed by atoms with Crippen molar-refractivity contribution in [1.29, 1.82) is 0 Å². The molecule has 0 bridgehead atoms. The summed E-state index contributed by atoms with van der Waals surface area (Å²) in [5, 5.41) is 23.2. The largest absolute Gasteiger partial charge is 0.508 e. The first-order valence-corrected chi connectivity index (χ1v) is 12.6. The van der Waals surface area contributed by atoms with Gasteiger partial charge in [0.25, 0.3) is 5.91 Å². The Balaban J connectivity index is 1.75. The standard InChI is InChI=1S/C27H41N3O5/c1-16(2)29(7)18-9-11-22(27(6,15-18)25(34)35)30-13-12-20(24(30)33)28-23(32)17-8-10-21(31)19(14-17)26(3,4)5/h8,10,14,16,18,20,22,31H,9,11-13,15H2,1-7H3,(H,28,32)(H,34,35)/t18-,20?,22+,27-/m1/s1. The molecule has 1 heterocycles. The lowest BCUT2D eigenvalue weighted by Crippen LogP contribution is -2.58. The second kappa shape index (κ2) is 9.80. The van der Waals surface area contributed by atoms with Crippen LogP contribution in [0.1, 0.15) is 83.1 Å². The van der Waals surface area contributed by atoms with E-state index >= 15 is 0 Å². The van der Waals surface area contributed by atoms with Crippen molar-refractivity contribution in [2.45, 2.75) is 96.8 Å². The minimum absolute atomic E-state index is 0.129. The maximum absolute atomic E-state index is 13.4. The highest BCUT2D eigenvalue weighted by atomic mass is 16.4. The molecule has 3 rings (SSSR count). The van der Waals surface area contributed by atoms with Crippen LogP contribution in [0.3, 0.4) is 0 Å². The Morgan fingerprint density at radius 3 is 2.43 bits per heavy atom. The summed E-state index contributed by atoms with van der Waals surface area (Å²) in [5.74, 6) is -1.35. The minimum Gasteiger partial charge on any atom is -0.508 e. The summed E-state index contributed by atoms with van der Waals surface area (Å²) >= 11 is 0. The third kappa shape index (κ3) is 5.32. The van der Waals surface area contributed by atoms with Crippen molar-refractivity contribution in [2.75, 3.05) is 13.6 Å². The van der Waals surface area contributed by atoms with Crippen LogP contribution in [0.4, 0.5) is 0 Å². The molecule has 1 saturated heterocycles. The van der Waals surface area contributed by atoms with E-state index in [0.717, 1.165) is 6.42 Å². The van der Waals surface area contributed by atoms with E-state index in [4.69, 9.17) is 0 Å². The first-order chi connectivity index (χ1) is 16.2. The highest BCUT2D eigenvalue weighted by Gasteiger charge is 2.52. The number of benzene rings is 1. The number of nitrogens with zero attached hydrogens (tertiary/aromatic N) is 2. The quantitative estimate of drug-likeness (QED) is 0.568. The van der Waals surface area contributed by atoms with Gasteiger partial charge in [-0.2, -0.15) is 0 Å². The zero-order valence-corrected chi connectivity index (χ0v) is 22.1. The fourth-order valence-electron chi connectivity index (χ4n) is 5.56. The highest BCUT2D eigenvalue weighted by molar-refractivity contribution is 5.98. The number of rotatable bonds is 6. The fourth-order valence-corrected chi connectivity index (χ4v) is 5.56. The molecular weight excluding hydrogens is 446 g/mol. The Morgan fingerprint density at radius 1 is 1.20 bits per heavy atom. The number of carboxylic acid groups (broad SMARTS) is 1. The Morgan fingerprint density at radius 2 is 1.86 bits per heavy atom. The van der Waals surface area contributed by atoms with Crippen molar-refractivity contribution in [2.24, 2.45) is 5.41 Å². The summed E-state index contributed by atoms with van der Waals surface area (Å²) in [7, 11) is 2.03. The molecule has 1 saturated carbocycles. The zero-order chi connectivity index (χ0) is 26.3. The number of hydrogen-bond acceptors (Lipinski definition) is 5. The first-order valence-electron chi connectivity index (χ1n) is 12.6. The molecule has 3 N–H and O–H groups in total. The molecule has 8 heteroatoms. The number of aromatic hydroxyl groups is 1. The van der Waals surface area contributed by atoms with Crippen LogP contribution in [-0.4, -0.2) is 75.6 Å². The lowest BCUT2D eigenvalue weighted by atomic mass is 9.68. The van der Waals surface area contributed by atoms with Crippen LogP contribution >= 0.6 is 0 Å². The molecule has 194 valence electrons. The molecule has 35 heavy (non-hydrogen) atoms. The highest BCUT2D eigenvalue weighted by Crippen LogP contribution is 2.42. The molecule has 8 nitrogen and oxygen atoms in total. The Bertz CT molecular complexity index is 986. The second-order valence-corrected chi connectivity index (χ2v) is 11.8. The lowest BCUT2D eigenvalue weighted by Gasteiger charge is -2.48. The van der Waals surface area contributed by atoms with Crippen LogP contribution in [0.15, 0.2) is 18.2 Å². The maximum atomic E-state index is 13.4. The molecule has 2 aliphatic rings. The number of hydrogen-bond donors (Lipinski definition) is 3. The van der Waals surface area contributed by atoms with Crippen LogP contribution in [0.25, 0.3) is 0 Å². The van der Waals surface area contributed by atoms with Crippen LogP contribution < -0.4 is 5.32 Å². The van der Waals surface area contributed by atoms with Gasteiger partial charge in [-0.05, 0) is 77.1 Å². The lowest BCUT2D eigenvalue weighted by molar-refractivity contribution is -0.159. The topological polar surface area (TPSA) is 110 Å². The summed E-state index contributed by atoms with van der Waals surface area (Å²) < 4.78 is 0. The molecule has 0 radical (unpaired) electrons. The van der Waals surface area contributed by atoms with Crippen molar-refractivity contribution in [3.63, 3.8) is 0 Å². The van der Waals surface area contributed by atoms with Gasteiger partial charge in [-0.3, -0.25) is 14.4 Å².